The zero-order valence-electron chi connectivity index (χ0n) is 17.9. The highest BCUT2D eigenvalue weighted by atomic mass is 16.5. The Hall–Kier alpha value is -3.68. The molecule has 164 valence electrons. The second-order valence-corrected chi connectivity index (χ2v) is 7.02. The minimum atomic E-state index is -0.560. The predicted octanol–water partition coefficient (Wildman–Crippen LogP) is 2.39. The molecule has 3 amide bonds. The Balaban J connectivity index is 1.77. The lowest BCUT2D eigenvalue weighted by Crippen LogP contribution is -2.37. The highest BCUT2D eigenvalue weighted by molar-refractivity contribution is 5.95. The molecule has 2 aromatic carbocycles. The number of anilines is 2. The van der Waals surface area contributed by atoms with Crippen LogP contribution in [0, 0.1) is 0 Å². The van der Waals surface area contributed by atoms with Crippen LogP contribution in [-0.4, -0.2) is 48.8 Å². The van der Waals surface area contributed by atoms with Gasteiger partial charge >= 0.3 is 5.97 Å². The van der Waals surface area contributed by atoms with Crippen LogP contribution >= 0.6 is 0 Å². The van der Waals surface area contributed by atoms with Gasteiger partial charge in [0.1, 0.15) is 0 Å². The van der Waals surface area contributed by atoms with E-state index in [0.717, 1.165) is 12.0 Å². The summed E-state index contributed by atoms with van der Waals surface area (Å²) >= 11 is 0. The van der Waals surface area contributed by atoms with Gasteiger partial charge in [0.25, 0.3) is 5.91 Å². The van der Waals surface area contributed by atoms with Crippen molar-refractivity contribution in [3.05, 3.63) is 59.7 Å². The Morgan fingerprint density at radius 2 is 1.65 bits per heavy atom. The lowest BCUT2D eigenvalue weighted by Gasteiger charge is -2.17. The summed E-state index contributed by atoms with van der Waals surface area (Å²) in [6, 6.07) is 14.2. The van der Waals surface area contributed by atoms with Crippen LogP contribution in [0.3, 0.4) is 0 Å². The highest BCUT2D eigenvalue weighted by Gasteiger charge is 2.16. The number of aryl methyl sites for hydroxylation is 1. The molecule has 0 spiro atoms. The number of rotatable bonds is 9. The monoisotopic (exact) mass is 425 g/mol. The molecule has 31 heavy (non-hydrogen) atoms. The number of benzene rings is 2. The quantitative estimate of drug-likeness (QED) is 0.600. The molecule has 0 fully saturated rings. The van der Waals surface area contributed by atoms with Crippen molar-refractivity contribution in [3.63, 3.8) is 0 Å². The molecule has 2 aromatic rings. The van der Waals surface area contributed by atoms with Crippen LogP contribution in [0.2, 0.25) is 0 Å². The van der Waals surface area contributed by atoms with Crippen molar-refractivity contribution in [3.8, 4) is 0 Å². The largest absolute Gasteiger partial charge is 0.455 e. The molecule has 0 saturated heterocycles. The van der Waals surface area contributed by atoms with Crippen LogP contribution in [0.5, 0.6) is 0 Å². The summed E-state index contributed by atoms with van der Waals surface area (Å²) in [7, 11) is 1.47. The Bertz CT molecular complexity index is 940. The number of esters is 1. The summed E-state index contributed by atoms with van der Waals surface area (Å²) in [5.74, 6) is -1.55. The Kier molecular flexibility index (Phi) is 8.75. The smallest absolute Gasteiger partial charge is 0.310 e. The number of carbonyl (C=O) groups excluding carboxylic acids is 4. The van der Waals surface area contributed by atoms with Crippen LogP contribution in [-0.2, 0) is 36.8 Å². The standard InChI is InChI=1S/C23H27N3O5/c1-4-18-7-5-6-8-20(18)25-21(28)14-26(3)22(29)15-31-23(30)13-17-9-11-19(12-10-17)24-16(2)27/h5-12H,4,13-15H2,1-3H3,(H,24,27)(H,25,28). The van der Waals surface area contributed by atoms with Gasteiger partial charge < -0.3 is 20.3 Å². The molecule has 0 aliphatic heterocycles. The van der Waals surface area contributed by atoms with E-state index < -0.39 is 18.5 Å². The molecule has 0 aliphatic rings. The first-order valence-electron chi connectivity index (χ1n) is 9.92. The molecule has 2 N–H and O–H groups in total. The number of hydrogen-bond donors (Lipinski definition) is 2. The average molecular weight is 425 g/mol. The first kappa shape index (κ1) is 23.6. The van der Waals surface area contributed by atoms with E-state index in [1.807, 2.05) is 31.2 Å². The summed E-state index contributed by atoms with van der Waals surface area (Å²) in [5.41, 5.74) is 3.03. The maximum Gasteiger partial charge on any atom is 0.310 e. The normalized spacial score (nSPS) is 10.2. The molecule has 8 nitrogen and oxygen atoms in total. The van der Waals surface area contributed by atoms with Gasteiger partial charge in [-0.15, -0.1) is 0 Å². The van der Waals surface area contributed by atoms with Gasteiger partial charge in [0, 0.05) is 25.3 Å². The van der Waals surface area contributed by atoms with Crippen LogP contribution in [0.25, 0.3) is 0 Å². The molecule has 0 unspecified atom stereocenters. The van der Waals surface area contributed by atoms with Crippen LogP contribution in [0.15, 0.2) is 48.5 Å². The third-order valence-corrected chi connectivity index (χ3v) is 4.46. The number of carbonyl (C=O) groups is 4. The van der Waals surface area contributed by atoms with Crippen molar-refractivity contribution in [1.82, 2.24) is 4.90 Å². The Morgan fingerprint density at radius 3 is 2.29 bits per heavy atom. The van der Waals surface area contributed by atoms with E-state index in [9.17, 15) is 19.2 Å². The molecule has 0 atom stereocenters. The fourth-order valence-electron chi connectivity index (χ4n) is 2.82. The zero-order chi connectivity index (χ0) is 22.8. The van der Waals surface area contributed by atoms with Crippen molar-refractivity contribution >= 4 is 35.1 Å². The van der Waals surface area contributed by atoms with Crippen molar-refractivity contribution in [2.45, 2.75) is 26.7 Å². The zero-order valence-corrected chi connectivity index (χ0v) is 17.9. The first-order valence-corrected chi connectivity index (χ1v) is 9.92. The first-order chi connectivity index (χ1) is 14.8. The minimum absolute atomic E-state index is 0.00830. The lowest BCUT2D eigenvalue weighted by atomic mass is 10.1. The van der Waals surface area contributed by atoms with E-state index in [1.54, 1.807) is 24.3 Å². The SMILES string of the molecule is CCc1ccccc1NC(=O)CN(C)C(=O)COC(=O)Cc1ccc(NC(C)=O)cc1. The third kappa shape index (κ3) is 7.93. The fraction of sp³-hybridized carbons (Fsp3) is 0.304. The molecule has 2 rings (SSSR count). The van der Waals surface area contributed by atoms with Gasteiger partial charge in [-0.3, -0.25) is 19.2 Å². The Morgan fingerprint density at radius 1 is 0.968 bits per heavy atom. The van der Waals surface area contributed by atoms with Crippen molar-refractivity contribution in [1.29, 1.82) is 0 Å². The van der Waals surface area contributed by atoms with Gasteiger partial charge in [-0.1, -0.05) is 37.3 Å². The van der Waals surface area contributed by atoms with Crippen LogP contribution < -0.4 is 10.6 Å². The van der Waals surface area contributed by atoms with Crippen molar-refractivity contribution in [2.24, 2.45) is 0 Å². The number of amides is 3. The third-order valence-electron chi connectivity index (χ3n) is 4.46. The molecular weight excluding hydrogens is 398 g/mol. The number of nitrogens with zero attached hydrogens (tertiary/aromatic N) is 1. The number of likely N-dealkylation sites (N-methyl/N-ethyl adjacent to an activating group) is 1. The Labute approximate surface area is 181 Å². The van der Waals surface area contributed by atoms with Gasteiger partial charge in [0.2, 0.25) is 11.8 Å². The number of para-hydroxylation sites is 1. The van der Waals surface area contributed by atoms with Crippen molar-refractivity contribution < 1.29 is 23.9 Å². The highest BCUT2D eigenvalue weighted by Crippen LogP contribution is 2.15. The van der Waals surface area contributed by atoms with Crippen LogP contribution in [0.1, 0.15) is 25.0 Å². The van der Waals surface area contributed by atoms with Gasteiger partial charge in [0.15, 0.2) is 6.61 Å². The van der Waals surface area contributed by atoms with Crippen molar-refractivity contribution in [2.75, 3.05) is 30.8 Å². The van der Waals surface area contributed by atoms with E-state index in [4.69, 9.17) is 4.74 Å². The van der Waals surface area contributed by atoms with E-state index in [-0.39, 0.29) is 24.8 Å². The number of hydrogen-bond acceptors (Lipinski definition) is 5. The second-order valence-electron chi connectivity index (χ2n) is 7.02. The topological polar surface area (TPSA) is 105 Å². The molecule has 0 radical (unpaired) electrons. The molecule has 0 heterocycles. The fourth-order valence-corrected chi connectivity index (χ4v) is 2.82. The summed E-state index contributed by atoms with van der Waals surface area (Å²) in [5, 5.41) is 5.43. The summed E-state index contributed by atoms with van der Waals surface area (Å²) in [6.07, 6.45) is 0.767. The predicted molar refractivity (Wildman–Crippen MR) is 117 cm³/mol. The summed E-state index contributed by atoms with van der Waals surface area (Å²) in [6.45, 7) is 2.80. The minimum Gasteiger partial charge on any atom is -0.455 e. The number of ether oxygens (including phenoxy) is 1. The second kappa shape index (κ2) is 11.5. The number of nitrogens with one attached hydrogen (secondary N) is 2. The van der Waals surface area contributed by atoms with E-state index in [0.29, 0.717) is 16.9 Å². The van der Waals surface area contributed by atoms with Crippen LogP contribution in [0.4, 0.5) is 11.4 Å². The maximum absolute atomic E-state index is 12.2. The van der Waals surface area contributed by atoms with E-state index >= 15 is 0 Å². The van der Waals surface area contributed by atoms with Gasteiger partial charge in [-0.05, 0) is 35.7 Å². The van der Waals surface area contributed by atoms with E-state index in [2.05, 4.69) is 10.6 Å². The van der Waals surface area contributed by atoms with Gasteiger partial charge in [0.05, 0.1) is 13.0 Å². The molecule has 0 bridgehead atoms. The average Bonchev–Trinajstić information content (AvgIpc) is 2.73. The van der Waals surface area contributed by atoms with E-state index in [1.165, 1.54) is 18.9 Å². The molecule has 0 saturated carbocycles. The van der Waals surface area contributed by atoms with Gasteiger partial charge in [-0.2, -0.15) is 0 Å². The molecule has 0 aromatic heterocycles. The van der Waals surface area contributed by atoms with Gasteiger partial charge in [-0.25, -0.2) is 0 Å². The molecule has 0 aliphatic carbocycles. The maximum atomic E-state index is 12.2. The molecular formula is C23H27N3O5. The lowest BCUT2D eigenvalue weighted by molar-refractivity contribution is -0.151. The molecule has 8 heteroatoms. The summed E-state index contributed by atoms with van der Waals surface area (Å²) < 4.78 is 5.03. The summed E-state index contributed by atoms with van der Waals surface area (Å²) in [4.78, 5) is 48.6.